The van der Waals surface area contributed by atoms with Gasteiger partial charge in [0.25, 0.3) is 0 Å². The van der Waals surface area contributed by atoms with E-state index in [2.05, 4.69) is 9.97 Å². The van der Waals surface area contributed by atoms with Crippen LogP contribution in [-0.2, 0) is 6.54 Å². The Morgan fingerprint density at radius 2 is 2.00 bits per heavy atom. The molecule has 0 radical (unpaired) electrons. The van der Waals surface area contributed by atoms with Gasteiger partial charge < -0.3 is 20.1 Å². The number of hydrogen-bond donors (Lipinski definition) is 2. The van der Waals surface area contributed by atoms with Crippen LogP contribution < -0.4 is 10.5 Å². The number of fused-ring (bicyclic) bond motifs is 1. The van der Waals surface area contributed by atoms with E-state index in [1.807, 2.05) is 10.8 Å². The third kappa shape index (κ3) is 3.72. The zero-order valence-electron chi connectivity index (χ0n) is 13.7. The van der Waals surface area contributed by atoms with Crippen LogP contribution in [0.15, 0.2) is 36.8 Å². The predicted molar refractivity (Wildman–Crippen MR) is 94.5 cm³/mol. The third-order valence-corrected chi connectivity index (χ3v) is 3.83. The minimum atomic E-state index is -0.917. The highest BCUT2D eigenvalue weighted by atomic mass is 35.5. The van der Waals surface area contributed by atoms with Gasteiger partial charge in [-0.2, -0.15) is 0 Å². The summed E-state index contributed by atoms with van der Waals surface area (Å²) >= 11 is 6.28. The normalized spacial score (nSPS) is 11.7. The van der Waals surface area contributed by atoms with Crippen molar-refractivity contribution in [3.63, 3.8) is 0 Å². The fourth-order valence-electron chi connectivity index (χ4n) is 2.66. The number of ether oxygens (including phenoxy) is 1. The highest BCUT2D eigenvalue weighted by molar-refractivity contribution is 6.35. The van der Waals surface area contributed by atoms with E-state index in [1.54, 1.807) is 38.1 Å². The first-order valence-electron chi connectivity index (χ1n) is 7.54. The van der Waals surface area contributed by atoms with Crippen LogP contribution in [-0.4, -0.2) is 31.3 Å². The Hall–Kier alpha value is -2.64. The number of aliphatic hydroxyl groups is 1. The summed E-state index contributed by atoms with van der Waals surface area (Å²) in [5, 5.41) is 11.2. The molecular weight excluding hydrogens is 344 g/mol. The maximum Gasteiger partial charge on any atom is 0.409 e. The monoisotopic (exact) mass is 360 g/mol. The number of amides is 1. The lowest BCUT2D eigenvalue weighted by atomic mass is 10.1. The number of nitrogens with zero attached hydrogens (tertiary/aromatic N) is 3. The number of benzene rings is 1. The Balaban J connectivity index is 2.11. The zero-order valence-corrected chi connectivity index (χ0v) is 14.5. The lowest BCUT2D eigenvalue weighted by Crippen LogP contribution is -2.25. The van der Waals surface area contributed by atoms with Crippen LogP contribution in [0, 0.1) is 0 Å². The predicted octanol–water partition coefficient (Wildman–Crippen LogP) is 2.98. The summed E-state index contributed by atoms with van der Waals surface area (Å²) in [5.74, 6) is 0.346. The van der Waals surface area contributed by atoms with Gasteiger partial charge in [0.05, 0.1) is 17.5 Å². The zero-order chi connectivity index (χ0) is 18.2. The quantitative estimate of drug-likeness (QED) is 0.696. The Bertz CT molecular complexity index is 929. The number of nitrogens with two attached hydrogens (primary N) is 1. The van der Waals surface area contributed by atoms with Gasteiger partial charge in [-0.1, -0.05) is 23.7 Å². The molecule has 0 unspecified atom stereocenters. The summed E-state index contributed by atoms with van der Waals surface area (Å²) in [7, 11) is 0. The van der Waals surface area contributed by atoms with Crippen molar-refractivity contribution in [2.24, 2.45) is 5.73 Å². The largest absolute Gasteiger partial charge is 0.411 e. The van der Waals surface area contributed by atoms with Crippen molar-refractivity contribution >= 4 is 28.7 Å². The molecule has 3 rings (SSSR count). The van der Waals surface area contributed by atoms with Gasteiger partial charge in [0.15, 0.2) is 0 Å². The lowest BCUT2D eigenvalue weighted by Gasteiger charge is -2.18. The summed E-state index contributed by atoms with van der Waals surface area (Å²) in [4.78, 5) is 19.2. The molecule has 0 fully saturated rings. The molecule has 1 amide bonds. The molecule has 1 aromatic carbocycles. The average Bonchev–Trinajstić information content (AvgIpc) is 2.86. The summed E-state index contributed by atoms with van der Waals surface area (Å²) in [6.07, 6.45) is 2.39. The summed E-state index contributed by atoms with van der Waals surface area (Å²) in [6.45, 7) is 3.79. The first kappa shape index (κ1) is 17.2. The second-order valence-electron chi connectivity index (χ2n) is 6.29. The van der Waals surface area contributed by atoms with Crippen molar-refractivity contribution in [2.75, 3.05) is 0 Å². The Kier molecular flexibility index (Phi) is 4.36. The van der Waals surface area contributed by atoms with Gasteiger partial charge in [0.1, 0.15) is 22.9 Å². The van der Waals surface area contributed by atoms with Crippen molar-refractivity contribution in [1.82, 2.24) is 14.5 Å². The molecule has 0 spiro atoms. The van der Waals surface area contributed by atoms with E-state index in [1.165, 1.54) is 6.33 Å². The standard InChI is InChI=1S/C17H17ClN4O3/c1-17(2,24)8-22-7-12(13-14(18)20-9-21-15(13)22)10-3-5-11(6-4-10)25-16(19)23/h3-7,9,24H,8H2,1-2H3,(H2,19,23). The number of halogens is 1. The number of carbonyl (C=O) groups excluding carboxylic acids is 1. The van der Waals surface area contributed by atoms with Crippen LogP contribution in [0.5, 0.6) is 5.75 Å². The molecular formula is C17H17ClN4O3. The van der Waals surface area contributed by atoms with Crippen LogP contribution in [0.2, 0.25) is 5.15 Å². The topological polar surface area (TPSA) is 103 Å². The minimum absolute atomic E-state index is 0.326. The Morgan fingerprint density at radius 1 is 1.32 bits per heavy atom. The van der Waals surface area contributed by atoms with E-state index < -0.39 is 11.7 Å². The summed E-state index contributed by atoms with van der Waals surface area (Å²) in [5.41, 5.74) is 6.38. The fourth-order valence-corrected chi connectivity index (χ4v) is 2.89. The van der Waals surface area contributed by atoms with E-state index in [9.17, 15) is 9.90 Å². The highest BCUT2D eigenvalue weighted by Gasteiger charge is 2.20. The second-order valence-corrected chi connectivity index (χ2v) is 6.65. The lowest BCUT2D eigenvalue weighted by molar-refractivity contribution is 0.0627. The van der Waals surface area contributed by atoms with Gasteiger partial charge in [0.2, 0.25) is 0 Å². The van der Waals surface area contributed by atoms with Crippen molar-refractivity contribution in [2.45, 2.75) is 26.0 Å². The molecule has 0 atom stereocenters. The maximum atomic E-state index is 10.8. The van der Waals surface area contributed by atoms with E-state index in [-0.39, 0.29) is 0 Å². The molecule has 3 aromatic rings. The molecule has 0 aliphatic heterocycles. The van der Waals surface area contributed by atoms with Crippen molar-refractivity contribution in [1.29, 1.82) is 0 Å². The average molecular weight is 361 g/mol. The minimum Gasteiger partial charge on any atom is -0.411 e. The molecule has 130 valence electrons. The van der Waals surface area contributed by atoms with E-state index >= 15 is 0 Å². The number of aromatic nitrogens is 3. The SMILES string of the molecule is CC(C)(O)Cn1cc(-c2ccc(OC(N)=O)cc2)c2c(Cl)ncnc21. The van der Waals surface area contributed by atoms with Gasteiger partial charge in [-0.05, 0) is 31.5 Å². The van der Waals surface area contributed by atoms with Crippen LogP contribution in [0.4, 0.5) is 4.79 Å². The molecule has 0 saturated carbocycles. The number of primary amides is 1. The molecule has 2 heterocycles. The summed E-state index contributed by atoms with van der Waals surface area (Å²) in [6, 6.07) is 6.84. The molecule has 8 heteroatoms. The molecule has 25 heavy (non-hydrogen) atoms. The number of carbonyl (C=O) groups is 1. The van der Waals surface area contributed by atoms with Crippen LogP contribution >= 0.6 is 11.6 Å². The van der Waals surface area contributed by atoms with Gasteiger partial charge >= 0.3 is 6.09 Å². The number of rotatable bonds is 4. The second kappa shape index (κ2) is 6.34. The van der Waals surface area contributed by atoms with Crippen molar-refractivity contribution in [3.8, 4) is 16.9 Å². The van der Waals surface area contributed by atoms with Gasteiger partial charge in [-0.25, -0.2) is 14.8 Å². The highest BCUT2D eigenvalue weighted by Crippen LogP contribution is 2.34. The van der Waals surface area contributed by atoms with Gasteiger partial charge in [-0.15, -0.1) is 0 Å². The van der Waals surface area contributed by atoms with Crippen molar-refractivity contribution < 1.29 is 14.6 Å². The molecule has 2 aromatic heterocycles. The van der Waals surface area contributed by atoms with Crippen LogP contribution in [0.1, 0.15) is 13.8 Å². The Morgan fingerprint density at radius 3 is 2.60 bits per heavy atom. The first-order valence-corrected chi connectivity index (χ1v) is 7.92. The van der Waals surface area contributed by atoms with Crippen molar-refractivity contribution in [3.05, 3.63) is 41.9 Å². The van der Waals surface area contributed by atoms with Crippen LogP contribution in [0.25, 0.3) is 22.2 Å². The third-order valence-electron chi connectivity index (χ3n) is 3.55. The van der Waals surface area contributed by atoms with Gasteiger partial charge in [0, 0.05) is 11.8 Å². The van der Waals surface area contributed by atoms with E-state index in [4.69, 9.17) is 22.1 Å². The smallest absolute Gasteiger partial charge is 0.409 e. The van der Waals surface area contributed by atoms with E-state index in [0.29, 0.717) is 28.5 Å². The molecule has 3 N–H and O–H groups in total. The fraction of sp³-hybridized carbons (Fsp3) is 0.235. The maximum absolute atomic E-state index is 10.8. The number of hydrogen-bond acceptors (Lipinski definition) is 5. The Labute approximate surface area is 149 Å². The van der Waals surface area contributed by atoms with E-state index in [0.717, 1.165) is 11.1 Å². The first-order chi connectivity index (χ1) is 11.7. The molecule has 0 aliphatic rings. The molecule has 0 aliphatic carbocycles. The van der Waals surface area contributed by atoms with Crippen LogP contribution in [0.3, 0.4) is 0 Å². The molecule has 7 nitrogen and oxygen atoms in total. The van der Waals surface area contributed by atoms with Gasteiger partial charge in [-0.3, -0.25) is 0 Å². The molecule has 0 bridgehead atoms. The summed E-state index contributed by atoms with van der Waals surface area (Å²) < 4.78 is 6.68. The molecule has 0 saturated heterocycles.